The Hall–Kier alpha value is -2.13. The highest BCUT2D eigenvalue weighted by molar-refractivity contribution is 8.01. The third-order valence-electron chi connectivity index (χ3n) is 3.20. The molecule has 25 heavy (non-hydrogen) atoms. The van der Waals surface area contributed by atoms with Crippen LogP contribution in [0.4, 0.5) is 5.13 Å². The molecule has 0 radical (unpaired) electrons. The zero-order valence-electron chi connectivity index (χ0n) is 14.1. The number of anilines is 1. The summed E-state index contributed by atoms with van der Waals surface area (Å²) in [6.45, 7) is 3.71. The number of aryl methyl sites for hydroxylation is 1. The molecule has 134 valence electrons. The van der Waals surface area contributed by atoms with Gasteiger partial charge in [-0.3, -0.25) is 14.9 Å². The van der Waals surface area contributed by atoms with E-state index in [1.165, 1.54) is 30.2 Å². The van der Waals surface area contributed by atoms with E-state index in [0.29, 0.717) is 15.2 Å². The van der Waals surface area contributed by atoms with Gasteiger partial charge in [-0.1, -0.05) is 48.2 Å². The molecule has 0 saturated carbocycles. The Morgan fingerprint density at radius 2 is 2.08 bits per heavy atom. The van der Waals surface area contributed by atoms with Crippen molar-refractivity contribution in [1.82, 2.24) is 10.2 Å². The second kappa shape index (κ2) is 9.38. The number of rotatable bonds is 8. The zero-order valence-corrected chi connectivity index (χ0v) is 15.8. The number of aromatic nitrogens is 2. The van der Waals surface area contributed by atoms with Crippen molar-refractivity contribution in [2.45, 2.75) is 30.7 Å². The van der Waals surface area contributed by atoms with Crippen LogP contribution in [0, 0.1) is 0 Å². The summed E-state index contributed by atoms with van der Waals surface area (Å²) < 4.78 is 10.9. The van der Waals surface area contributed by atoms with Gasteiger partial charge in [0.1, 0.15) is 5.75 Å². The quantitative estimate of drug-likeness (QED) is 0.427. The first kappa shape index (κ1) is 19.2. The van der Waals surface area contributed by atoms with Crippen LogP contribution in [0.5, 0.6) is 5.75 Å². The summed E-state index contributed by atoms with van der Waals surface area (Å²) in [7, 11) is 1.33. The molecule has 0 aliphatic carbocycles. The molecule has 0 aliphatic heterocycles. The first-order chi connectivity index (χ1) is 12.0. The molecule has 7 nitrogen and oxygen atoms in total. The van der Waals surface area contributed by atoms with E-state index in [4.69, 9.17) is 4.74 Å². The molecule has 1 atom stereocenters. The highest BCUT2D eigenvalue weighted by atomic mass is 32.2. The Morgan fingerprint density at radius 3 is 2.80 bits per heavy atom. The monoisotopic (exact) mass is 381 g/mol. The number of hydrogen-bond acceptors (Lipinski definition) is 8. The fraction of sp³-hybridized carbons (Fsp3) is 0.375. The number of nitrogens with one attached hydrogen (secondary N) is 1. The number of hydrogen-bond donors (Lipinski definition) is 1. The minimum Gasteiger partial charge on any atom is -0.481 e. The van der Waals surface area contributed by atoms with Crippen LogP contribution in [0.3, 0.4) is 0 Å². The maximum atomic E-state index is 12.3. The van der Waals surface area contributed by atoms with Crippen molar-refractivity contribution in [2.24, 2.45) is 0 Å². The first-order valence-corrected chi connectivity index (χ1v) is 9.42. The minimum atomic E-state index is -0.678. The molecule has 0 saturated heterocycles. The van der Waals surface area contributed by atoms with Gasteiger partial charge in [-0.25, -0.2) is 0 Å². The van der Waals surface area contributed by atoms with Gasteiger partial charge in [0.05, 0.1) is 12.9 Å². The molecule has 1 amide bonds. The molecule has 1 aromatic carbocycles. The van der Waals surface area contributed by atoms with Crippen molar-refractivity contribution in [3.63, 3.8) is 0 Å². The van der Waals surface area contributed by atoms with Crippen LogP contribution in [0.1, 0.15) is 19.4 Å². The van der Waals surface area contributed by atoms with E-state index in [0.717, 1.165) is 12.0 Å². The Morgan fingerprint density at radius 1 is 1.32 bits per heavy atom. The van der Waals surface area contributed by atoms with Crippen LogP contribution < -0.4 is 10.1 Å². The standard InChI is InChI=1S/C16H19N3O4S2/c1-4-11-7-5-6-8-12(11)23-10(2)14(21)17-15-18-19-16(25-15)24-9-13(20)22-3/h5-8,10H,4,9H2,1-3H3,(H,17,18,21)/t10-/m1/s1. The van der Waals surface area contributed by atoms with Gasteiger partial charge in [-0.05, 0) is 25.0 Å². The maximum Gasteiger partial charge on any atom is 0.316 e. The predicted molar refractivity (Wildman–Crippen MR) is 97.2 cm³/mol. The molecule has 0 spiro atoms. The number of carbonyl (C=O) groups is 2. The average Bonchev–Trinajstić information content (AvgIpc) is 3.07. The number of esters is 1. The van der Waals surface area contributed by atoms with Crippen molar-refractivity contribution in [3.8, 4) is 5.75 Å². The number of amides is 1. The van der Waals surface area contributed by atoms with Gasteiger partial charge in [0.25, 0.3) is 5.91 Å². The molecule has 9 heteroatoms. The summed E-state index contributed by atoms with van der Waals surface area (Å²) in [4.78, 5) is 23.4. The van der Waals surface area contributed by atoms with E-state index in [1.54, 1.807) is 6.92 Å². The van der Waals surface area contributed by atoms with E-state index in [-0.39, 0.29) is 17.6 Å². The van der Waals surface area contributed by atoms with E-state index in [1.807, 2.05) is 31.2 Å². The van der Waals surface area contributed by atoms with Crippen molar-refractivity contribution in [2.75, 3.05) is 18.2 Å². The number of ether oxygens (including phenoxy) is 2. The van der Waals surface area contributed by atoms with Crippen molar-refractivity contribution < 1.29 is 19.1 Å². The van der Waals surface area contributed by atoms with E-state index >= 15 is 0 Å². The van der Waals surface area contributed by atoms with Gasteiger partial charge in [-0.15, -0.1) is 10.2 Å². The van der Waals surface area contributed by atoms with Crippen molar-refractivity contribution >= 4 is 40.1 Å². The van der Waals surface area contributed by atoms with Gasteiger partial charge < -0.3 is 9.47 Å². The van der Waals surface area contributed by atoms with Gasteiger partial charge in [0, 0.05) is 0 Å². The molecule has 2 rings (SSSR count). The largest absolute Gasteiger partial charge is 0.481 e. The predicted octanol–water partition coefficient (Wildman–Crippen LogP) is 2.77. The second-order valence-electron chi connectivity index (χ2n) is 4.95. The number of carbonyl (C=O) groups excluding carboxylic acids is 2. The van der Waals surface area contributed by atoms with Gasteiger partial charge in [-0.2, -0.15) is 0 Å². The summed E-state index contributed by atoms with van der Waals surface area (Å²) in [5.41, 5.74) is 1.04. The molecule has 1 heterocycles. The summed E-state index contributed by atoms with van der Waals surface area (Å²) in [5, 5.41) is 10.8. The van der Waals surface area contributed by atoms with Crippen LogP contribution in [0.15, 0.2) is 28.6 Å². The van der Waals surface area contributed by atoms with Crippen molar-refractivity contribution in [3.05, 3.63) is 29.8 Å². The molecule has 0 aliphatic rings. The lowest BCUT2D eigenvalue weighted by Gasteiger charge is -2.15. The van der Waals surface area contributed by atoms with Gasteiger partial charge >= 0.3 is 5.97 Å². The molecule has 0 fully saturated rings. The summed E-state index contributed by atoms with van der Waals surface area (Å²) in [6.07, 6.45) is 0.143. The molecule has 0 bridgehead atoms. The fourth-order valence-electron chi connectivity index (χ4n) is 1.86. The third-order valence-corrected chi connectivity index (χ3v) is 5.15. The Labute approximate surface area is 154 Å². The number of methoxy groups -OCH3 is 1. The van der Waals surface area contributed by atoms with E-state index < -0.39 is 6.10 Å². The van der Waals surface area contributed by atoms with Gasteiger partial charge in [0.2, 0.25) is 5.13 Å². The number of nitrogens with zero attached hydrogens (tertiary/aromatic N) is 2. The summed E-state index contributed by atoms with van der Waals surface area (Å²) in [5.74, 6) is 0.181. The molecule has 0 unspecified atom stereocenters. The molecule has 1 aromatic heterocycles. The minimum absolute atomic E-state index is 0.145. The highest BCUT2D eigenvalue weighted by Gasteiger charge is 2.18. The Bertz CT molecular complexity index is 736. The summed E-state index contributed by atoms with van der Waals surface area (Å²) in [6, 6.07) is 7.62. The normalized spacial score (nSPS) is 11.6. The fourth-order valence-corrected chi connectivity index (χ4v) is 3.45. The molecular weight excluding hydrogens is 362 g/mol. The Balaban J connectivity index is 1.90. The lowest BCUT2D eigenvalue weighted by atomic mass is 10.1. The van der Waals surface area contributed by atoms with Crippen LogP contribution in [-0.2, 0) is 20.7 Å². The maximum absolute atomic E-state index is 12.3. The zero-order chi connectivity index (χ0) is 18.2. The lowest BCUT2D eigenvalue weighted by Crippen LogP contribution is -2.30. The Kier molecular flexibility index (Phi) is 7.20. The second-order valence-corrected chi connectivity index (χ2v) is 7.15. The number of benzene rings is 1. The molecule has 1 N–H and O–H groups in total. The van der Waals surface area contributed by atoms with Crippen LogP contribution in [0.2, 0.25) is 0 Å². The van der Waals surface area contributed by atoms with Crippen LogP contribution in [-0.4, -0.2) is 41.0 Å². The van der Waals surface area contributed by atoms with E-state index in [9.17, 15) is 9.59 Å². The van der Waals surface area contributed by atoms with Crippen LogP contribution in [0.25, 0.3) is 0 Å². The highest BCUT2D eigenvalue weighted by Crippen LogP contribution is 2.26. The first-order valence-electron chi connectivity index (χ1n) is 7.62. The van der Waals surface area contributed by atoms with Crippen LogP contribution >= 0.6 is 23.1 Å². The molecular formula is C16H19N3O4S2. The van der Waals surface area contributed by atoms with Gasteiger partial charge in [0.15, 0.2) is 10.4 Å². The lowest BCUT2D eigenvalue weighted by molar-refractivity contribution is -0.137. The number of thioether (sulfide) groups is 1. The van der Waals surface area contributed by atoms with Crippen molar-refractivity contribution in [1.29, 1.82) is 0 Å². The SMILES string of the molecule is CCc1ccccc1O[C@H](C)C(=O)Nc1nnc(SCC(=O)OC)s1. The topological polar surface area (TPSA) is 90.4 Å². The van der Waals surface area contributed by atoms with E-state index in [2.05, 4.69) is 20.3 Å². The number of para-hydroxylation sites is 1. The average molecular weight is 381 g/mol. The molecule has 2 aromatic rings. The third kappa shape index (κ3) is 5.71. The smallest absolute Gasteiger partial charge is 0.316 e. The summed E-state index contributed by atoms with van der Waals surface area (Å²) >= 11 is 2.40.